The molecule has 2 N–H and O–H groups in total. The lowest BCUT2D eigenvalue weighted by Crippen LogP contribution is -2.05. The number of benzene rings is 1. The molecule has 5 nitrogen and oxygen atoms in total. The van der Waals surface area contributed by atoms with Gasteiger partial charge in [-0.1, -0.05) is 6.07 Å². The Morgan fingerprint density at radius 3 is 3.00 bits per heavy atom. The monoisotopic (exact) mass is 259 g/mol. The highest BCUT2D eigenvalue weighted by Gasteiger charge is 2.02. The lowest BCUT2D eigenvalue weighted by Gasteiger charge is -2.07. The molecule has 0 atom stereocenters. The summed E-state index contributed by atoms with van der Waals surface area (Å²) < 4.78 is 2.05. The molecule has 100 valence electrons. The van der Waals surface area contributed by atoms with Crippen LogP contribution in [0.2, 0.25) is 0 Å². The Morgan fingerprint density at radius 1 is 1.37 bits per heavy atom. The van der Waals surface area contributed by atoms with Gasteiger partial charge >= 0.3 is 5.97 Å². The van der Waals surface area contributed by atoms with Gasteiger partial charge in [-0.2, -0.15) is 0 Å². The maximum atomic E-state index is 10.8. The molecular weight excluding hydrogens is 242 g/mol. The second-order valence-electron chi connectivity index (χ2n) is 4.32. The lowest BCUT2D eigenvalue weighted by atomic mass is 10.2. The SMILES string of the molecule is O=C(O)c1cccc(NCCCCn2ccnc2)c1. The van der Waals surface area contributed by atoms with Gasteiger partial charge in [-0.3, -0.25) is 0 Å². The number of nitrogens with one attached hydrogen (secondary N) is 1. The van der Waals surface area contributed by atoms with Crippen LogP contribution in [-0.2, 0) is 6.54 Å². The standard InChI is InChI=1S/C14H17N3O2/c18-14(19)12-4-3-5-13(10-12)16-6-1-2-8-17-9-7-15-11-17/h3-5,7,9-11,16H,1-2,6,8H2,(H,18,19). The van der Waals surface area contributed by atoms with Crippen LogP contribution >= 0.6 is 0 Å². The van der Waals surface area contributed by atoms with Gasteiger partial charge in [0.2, 0.25) is 0 Å². The second kappa shape index (κ2) is 6.58. The average Bonchev–Trinajstić information content (AvgIpc) is 2.92. The van der Waals surface area contributed by atoms with Gasteiger partial charge in [0.15, 0.2) is 0 Å². The van der Waals surface area contributed by atoms with Crippen molar-refractivity contribution >= 4 is 11.7 Å². The van der Waals surface area contributed by atoms with Crippen molar-refractivity contribution in [1.29, 1.82) is 0 Å². The minimum Gasteiger partial charge on any atom is -0.478 e. The van der Waals surface area contributed by atoms with E-state index in [0.717, 1.165) is 31.6 Å². The van der Waals surface area contributed by atoms with E-state index >= 15 is 0 Å². The summed E-state index contributed by atoms with van der Waals surface area (Å²) >= 11 is 0. The van der Waals surface area contributed by atoms with Crippen LogP contribution in [-0.4, -0.2) is 27.2 Å². The van der Waals surface area contributed by atoms with Crippen LogP contribution in [0.4, 0.5) is 5.69 Å². The summed E-state index contributed by atoms with van der Waals surface area (Å²) in [5.41, 5.74) is 1.16. The highest BCUT2D eigenvalue weighted by Crippen LogP contribution is 2.10. The molecule has 1 aromatic heterocycles. The van der Waals surface area contributed by atoms with E-state index in [1.807, 2.05) is 23.2 Å². The number of rotatable bonds is 7. The zero-order valence-electron chi connectivity index (χ0n) is 10.6. The molecule has 0 aliphatic carbocycles. The number of hydrogen-bond acceptors (Lipinski definition) is 3. The quantitative estimate of drug-likeness (QED) is 0.750. The summed E-state index contributed by atoms with van der Waals surface area (Å²) in [6, 6.07) is 6.87. The first-order valence-corrected chi connectivity index (χ1v) is 6.29. The molecule has 19 heavy (non-hydrogen) atoms. The number of imidazole rings is 1. The Bertz CT molecular complexity index is 523. The molecule has 5 heteroatoms. The van der Waals surface area contributed by atoms with Gasteiger partial charge in [-0.05, 0) is 31.0 Å². The molecule has 0 fully saturated rings. The Balaban J connectivity index is 1.70. The maximum absolute atomic E-state index is 10.8. The molecule has 0 aliphatic rings. The molecule has 1 aromatic carbocycles. The fourth-order valence-electron chi connectivity index (χ4n) is 1.83. The Hall–Kier alpha value is -2.30. The number of carbonyl (C=O) groups is 1. The number of unbranched alkanes of at least 4 members (excludes halogenated alkanes) is 1. The van der Waals surface area contributed by atoms with Gasteiger partial charge in [0.1, 0.15) is 0 Å². The highest BCUT2D eigenvalue weighted by atomic mass is 16.4. The summed E-state index contributed by atoms with van der Waals surface area (Å²) in [6.07, 6.45) is 7.61. The second-order valence-corrected chi connectivity index (χ2v) is 4.32. The number of anilines is 1. The molecule has 0 unspecified atom stereocenters. The van der Waals surface area contributed by atoms with Crippen molar-refractivity contribution in [3.63, 3.8) is 0 Å². The van der Waals surface area contributed by atoms with Gasteiger partial charge in [0.05, 0.1) is 11.9 Å². The van der Waals surface area contributed by atoms with E-state index < -0.39 is 5.97 Å². The zero-order valence-corrected chi connectivity index (χ0v) is 10.6. The van der Waals surface area contributed by atoms with Crippen molar-refractivity contribution in [3.8, 4) is 0 Å². The van der Waals surface area contributed by atoms with Crippen molar-refractivity contribution in [2.75, 3.05) is 11.9 Å². The maximum Gasteiger partial charge on any atom is 0.335 e. The molecule has 0 saturated carbocycles. The summed E-state index contributed by atoms with van der Waals surface area (Å²) in [5.74, 6) is -0.899. The van der Waals surface area contributed by atoms with Crippen LogP contribution in [0.15, 0.2) is 43.0 Å². The Kier molecular flexibility index (Phi) is 4.55. The minimum atomic E-state index is -0.899. The van der Waals surface area contributed by atoms with Gasteiger partial charge in [-0.25, -0.2) is 9.78 Å². The molecule has 0 spiro atoms. The number of carboxylic acids is 1. The molecule has 0 radical (unpaired) electrons. The van der Waals surface area contributed by atoms with Gasteiger partial charge in [-0.15, -0.1) is 0 Å². The topological polar surface area (TPSA) is 67.2 Å². The molecule has 0 bridgehead atoms. The first-order chi connectivity index (χ1) is 9.25. The number of aryl methyl sites for hydroxylation is 1. The third kappa shape index (κ3) is 4.13. The van der Waals surface area contributed by atoms with Crippen molar-refractivity contribution in [2.24, 2.45) is 0 Å². The third-order valence-corrected chi connectivity index (χ3v) is 2.84. The number of aromatic carboxylic acids is 1. The van der Waals surface area contributed by atoms with Crippen molar-refractivity contribution in [1.82, 2.24) is 9.55 Å². The number of hydrogen-bond donors (Lipinski definition) is 2. The zero-order chi connectivity index (χ0) is 13.5. The van der Waals surface area contributed by atoms with Gasteiger partial charge < -0.3 is 15.0 Å². The third-order valence-electron chi connectivity index (χ3n) is 2.84. The summed E-state index contributed by atoms with van der Waals surface area (Å²) in [7, 11) is 0. The fraction of sp³-hybridized carbons (Fsp3) is 0.286. The predicted octanol–water partition coefficient (Wildman–Crippen LogP) is 2.47. The molecule has 0 amide bonds. The summed E-state index contributed by atoms with van der Waals surface area (Å²) in [5, 5.41) is 12.1. The van der Waals surface area contributed by atoms with Gasteiger partial charge in [0.25, 0.3) is 0 Å². The molecule has 0 saturated heterocycles. The first kappa shape index (κ1) is 13.1. The molecule has 2 rings (SSSR count). The van der Waals surface area contributed by atoms with Gasteiger partial charge in [0, 0.05) is 31.2 Å². The van der Waals surface area contributed by atoms with Crippen LogP contribution in [0.5, 0.6) is 0 Å². The van der Waals surface area contributed by atoms with Crippen molar-refractivity contribution in [3.05, 3.63) is 48.5 Å². The minimum absolute atomic E-state index is 0.309. The first-order valence-electron chi connectivity index (χ1n) is 6.29. The smallest absolute Gasteiger partial charge is 0.335 e. The van der Waals surface area contributed by atoms with E-state index in [1.54, 1.807) is 24.4 Å². The van der Waals surface area contributed by atoms with Crippen LogP contribution in [0.25, 0.3) is 0 Å². The van der Waals surface area contributed by atoms with E-state index in [-0.39, 0.29) is 0 Å². The summed E-state index contributed by atoms with van der Waals surface area (Å²) in [6.45, 7) is 1.79. The van der Waals surface area contributed by atoms with E-state index in [4.69, 9.17) is 5.11 Å². The van der Waals surface area contributed by atoms with E-state index in [2.05, 4.69) is 10.3 Å². The van der Waals surface area contributed by atoms with Crippen LogP contribution < -0.4 is 5.32 Å². The Morgan fingerprint density at radius 2 is 2.26 bits per heavy atom. The van der Waals surface area contributed by atoms with Crippen molar-refractivity contribution < 1.29 is 9.90 Å². The number of carboxylic acid groups (broad SMARTS) is 1. The van der Waals surface area contributed by atoms with E-state index in [0.29, 0.717) is 5.56 Å². The van der Waals surface area contributed by atoms with Crippen LogP contribution in [0, 0.1) is 0 Å². The average molecular weight is 259 g/mol. The summed E-state index contributed by atoms with van der Waals surface area (Å²) in [4.78, 5) is 14.8. The largest absolute Gasteiger partial charge is 0.478 e. The molecular formula is C14H17N3O2. The molecule has 2 aromatic rings. The predicted molar refractivity (Wildman–Crippen MR) is 73.4 cm³/mol. The lowest BCUT2D eigenvalue weighted by molar-refractivity contribution is 0.0697. The molecule has 0 aliphatic heterocycles. The highest BCUT2D eigenvalue weighted by molar-refractivity contribution is 5.88. The fourth-order valence-corrected chi connectivity index (χ4v) is 1.83. The normalized spacial score (nSPS) is 10.3. The number of nitrogens with zero attached hydrogens (tertiary/aromatic N) is 2. The molecule has 1 heterocycles. The van der Waals surface area contributed by atoms with Crippen LogP contribution in [0.3, 0.4) is 0 Å². The van der Waals surface area contributed by atoms with Crippen molar-refractivity contribution in [2.45, 2.75) is 19.4 Å². The Labute approximate surface area is 111 Å². The van der Waals surface area contributed by atoms with E-state index in [1.165, 1.54) is 0 Å². The number of aromatic nitrogens is 2. The van der Waals surface area contributed by atoms with Crippen LogP contribution in [0.1, 0.15) is 23.2 Å². The van der Waals surface area contributed by atoms with E-state index in [9.17, 15) is 4.79 Å².